The summed E-state index contributed by atoms with van der Waals surface area (Å²) in [6, 6.07) is 4.39. The molecule has 200 valence electrons. The smallest absolute Gasteiger partial charge is 0.243 e. The van der Waals surface area contributed by atoms with Crippen LogP contribution in [0.15, 0.2) is 30.4 Å². The van der Waals surface area contributed by atoms with Crippen LogP contribution >= 0.6 is 11.6 Å². The van der Waals surface area contributed by atoms with Crippen molar-refractivity contribution in [2.45, 2.75) is 90.3 Å². The number of carbonyl (C=O) groups is 3. The van der Waals surface area contributed by atoms with E-state index in [1.54, 1.807) is 0 Å². The van der Waals surface area contributed by atoms with Gasteiger partial charge in [0.2, 0.25) is 17.7 Å². The van der Waals surface area contributed by atoms with E-state index in [2.05, 4.69) is 20.9 Å². The quantitative estimate of drug-likeness (QED) is 0.426. The Balaban J connectivity index is 1.63. The van der Waals surface area contributed by atoms with Crippen LogP contribution in [0.5, 0.6) is 0 Å². The molecule has 8 heteroatoms. The molecule has 1 aromatic carbocycles. The topological polar surface area (TPSA) is 103 Å². The van der Waals surface area contributed by atoms with E-state index >= 15 is 0 Å². The molecule has 0 bridgehead atoms. The Morgan fingerprint density at radius 1 is 1.00 bits per heavy atom. The van der Waals surface area contributed by atoms with Gasteiger partial charge in [0, 0.05) is 46.6 Å². The van der Waals surface area contributed by atoms with Crippen LogP contribution in [0.25, 0.3) is 10.9 Å². The molecule has 2 heterocycles. The average Bonchev–Trinajstić information content (AvgIpc) is 3.21. The van der Waals surface area contributed by atoms with Gasteiger partial charge >= 0.3 is 0 Å². The van der Waals surface area contributed by atoms with Crippen LogP contribution < -0.4 is 16.0 Å². The zero-order valence-corrected chi connectivity index (χ0v) is 22.6. The Hall–Kier alpha value is -2.80. The van der Waals surface area contributed by atoms with Gasteiger partial charge in [-0.1, -0.05) is 56.9 Å². The maximum Gasteiger partial charge on any atom is 0.243 e. The predicted molar refractivity (Wildman–Crippen MR) is 147 cm³/mol. The van der Waals surface area contributed by atoms with Gasteiger partial charge in [-0.2, -0.15) is 0 Å². The normalized spacial score (nSPS) is 23.8. The summed E-state index contributed by atoms with van der Waals surface area (Å²) in [7, 11) is 0. The van der Waals surface area contributed by atoms with E-state index in [1.807, 2.05) is 44.2 Å². The van der Waals surface area contributed by atoms with Crippen molar-refractivity contribution in [2.24, 2.45) is 11.8 Å². The lowest BCUT2D eigenvalue weighted by molar-refractivity contribution is -0.133. The summed E-state index contributed by atoms with van der Waals surface area (Å²) >= 11 is 6.29. The van der Waals surface area contributed by atoms with Crippen LogP contribution in [0, 0.1) is 11.8 Å². The first kappa shape index (κ1) is 27.2. The number of benzene rings is 1. The van der Waals surface area contributed by atoms with Crippen molar-refractivity contribution < 1.29 is 14.4 Å². The summed E-state index contributed by atoms with van der Waals surface area (Å²) in [4.78, 5) is 43.2. The van der Waals surface area contributed by atoms with Gasteiger partial charge in [-0.25, -0.2) is 0 Å². The fourth-order valence-electron chi connectivity index (χ4n) is 5.56. The SMILES string of the molecule is CC(C)C[C@@H]1NC(=O)[C@@H](C2CCCCC2)NC(=O)CC/C=C/Cc2[nH]c3ccc(Cl)cc3c2CNC1=O. The van der Waals surface area contributed by atoms with Gasteiger partial charge in [0.25, 0.3) is 0 Å². The molecular formula is C29H39ClN4O3. The number of hydrogen-bond acceptors (Lipinski definition) is 3. The molecule has 0 unspecified atom stereocenters. The van der Waals surface area contributed by atoms with Gasteiger partial charge in [0.1, 0.15) is 12.1 Å². The third kappa shape index (κ3) is 7.16. The number of aromatic nitrogens is 1. The lowest BCUT2D eigenvalue weighted by atomic mass is 9.83. The van der Waals surface area contributed by atoms with E-state index in [-0.39, 0.29) is 29.6 Å². The Morgan fingerprint density at radius 3 is 2.54 bits per heavy atom. The zero-order chi connectivity index (χ0) is 26.4. The molecule has 37 heavy (non-hydrogen) atoms. The van der Waals surface area contributed by atoms with Crippen molar-refractivity contribution in [2.75, 3.05) is 0 Å². The molecule has 0 saturated heterocycles. The summed E-state index contributed by atoms with van der Waals surface area (Å²) in [6.45, 7) is 4.39. The van der Waals surface area contributed by atoms with E-state index in [9.17, 15) is 14.4 Å². The summed E-state index contributed by atoms with van der Waals surface area (Å²) in [6.07, 6.45) is 11.2. The minimum Gasteiger partial charge on any atom is -0.358 e. The van der Waals surface area contributed by atoms with Crippen LogP contribution in [0.1, 0.15) is 76.5 Å². The Kier molecular flexibility index (Phi) is 9.30. The van der Waals surface area contributed by atoms with E-state index < -0.39 is 12.1 Å². The van der Waals surface area contributed by atoms with Crippen LogP contribution in [-0.2, 0) is 27.3 Å². The van der Waals surface area contributed by atoms with Crippen LogP contribution in [0.4, 0.5) is 0 Å². The summed E-state index contributed by atoms with van der Waals surface area (Å²) in [5.74, 6) is -0.317. The number of hydrogen-bond donors (Lipinski definition) is 4. The number of rotatable bonds is 3. The number of carbonyl (C=O) groups excluding carboxylic acids is 3. The third-order valence-corrected chi connectivity index (χ3v) is 7.72. The van der Waals surface area contributed by atoms with Gasteiger partial charge in [-0.15, -0.1) is 0 Å². The summed E-state index contributed by atoms with van der Waals surface area (Å²) in [5.41, 5.74) is 2.93. The van der Waals surface area contributed by atoms with Gasteiger partial charge in [-0.05, 0) is 55.7 Å². The van der Waals surface area contributed by atoms with Gasteiger partial charge in [0.15, 0.2) is 0 Å². The van der Waals surface area contributed by atoms with Crippen molar-refractivity contribution in [3.63, 3.8) is 0 Å². The molecular weight excluding hydrogens is 488 g/mol. The van der Waals surface area contributed by atoms with Crippen molar-refractivity contribution in [1.82, 2.24) is 20.9 Å². The molecule has 1 aromatic heterocycles. The lowest BCUT2D eigenvalue weighted by Gasteiger charge is -2.31. The van der Waals surface area contributed by atoms with Gasteiger partial charge in [-0.3, -0.25) is 14.4 Å². The van der Waals surface area contributed by atoms with Crippen LogP contribution in [0.2, 0.25) is 5.02 Å². The molecule has 7 nitrogen and oxygen atoms in total. The summed E-state index contributed by atoms with van der Waals surface area (Å²) in [5, 5.41) is 10.7. The van der Waals surface area contributed by atoms with E-state index in [0.717, 1.165) is 54.3 Å². The first-order chi connectivity index (χ1) is 17.8. The zero-order valence-electron chi connectivity index (χ0n) is 21.9. The maximum atomic E-state index is 13.5. The van der Waals surface area contributed by atoms with E-state index in [1.165, 1.54) is 0 Å². The predicted octanol–water partition coefficient (Wildman–Crippen LogP) is 4.93. The van der Waals surface area contributed by atoms with Gasteiger partial charge < -0.3 is 20.9 Å². The van der Waals surface area contributed by atoms with E-state index in [4.69, 9.17) is 11.6 Å². The first-order valence-electron chi connectivity index (χ1n) is 13.6. The number of fused-ring (bicyclic) bond motifs is 3. The minimum atomic E-state index is -0.680. The number of H-pyrrole nitrogens is 1. The molecule has 1 aliphatic carbocycles. The average molecular weight is 527 g/mol. The highest BCUT2D eigenvalue weighted by Gasteiger charge is 2.33. The monoisotopic (exact) mass is 526 g/mol. The van der Waals surface area contributed by atoms with Gasteiger partial charge in [0.05, 0.1) is 0 Å². The highest BCUT2D eigenvalue weighted by atomic mass is 35.5. The fraction of sp³-hybridized carbons (Fsp3) is 0.552. The molecule has 0 radical (unpaired) electrons. The second kappa shape index (κ2) is 12.6. The first-order valence-corrected chi connectivity index (χ1v) is 14.0. The molecule has 3 amide bonds. The molecule has 1 fully saturated rings. The summed E-state index contributed by atoms with van der Waals surface area (Å²) < 4.78 is 0. The number of halogens is 1. The number of allylic oxidation sites excluding steroid dienone is 2. The van der Waals surface area contributed by atoms with Crippen molar-refractivity contribution in [3.8, 4) is 0 Å². The number of amides is 3. The largest absolute Gasteiger partial charge is 0.358 e. The van der Waals surface area contributed by atoms with Crippen molar-refractivity contribution in [1.29, 1.82) is 0 Å². The molecule has 0 spiro atoms. The third-order valence-electron chi connectivity index (χ3n) is 7.48. The highest BCUT2D eigenvalue weighted by Crippen LogP contribution is 2.28. The molecule has 2 aromatic rings. The second-order valence-electron chi connectivity index (χ2n) is 10.8. The molecule has 2 atom stereocenters. The highest BCUT2D eigenvalue weighted by molar-refractivity contribution is 6.31. The fourth-order valence-corrected chi connectivity index (χ4v) is 5.73. The minimum absolute atomic E-state index is 0.0911. The lowest BCUT2D eigenvalue weighted by Crippen LogP contribution is -2.56. The molecule has 1 saturated carbocycles. The molecule has 4 N–H and O–H groups in total. The Morgan fingerprint density at radius 2 is 1.78 bits per heavy atom. The van der Waals surface area contributed by atoms with Crippen LogP contribution in [0.3, 0.4) is 0 Å². The molecule has 1 aliphatic heterocycles. The Bertz CT molecular complexity index is 1150. The number of nitrogens with one attached hydrogen (secondary N) is 4. The second-order valence-corrected chi connectivity index (χ2v) is 11.3. The molecule has 4 rings (SSSR count). The van der Waals surface area contributed by atoms with E-state index in [0.29, 0.717) is 37.3 Å². The van der Waals surface area contributed by atoms with Crippen LogP contribution in [-0.4, -0.2) is 34.8 Å². The molecule has 2 aliphatic rings. The maximum absolute atomic E-state index is 13.5. The standard InChI is InChI=1S/C29H39ClN4O3/c1-18(2)15-25-28(36)31-17-22-21-16-20(30)13-14-24(21)32-23(22)11-7-4-8-12-26(35)34-27(29(37)33-25)19-9-5-3-6-10-19/h4,7,13-14,16,18-19,25,27,32H,3,5-6,8-12,15,17H2,1-2H3,(H,31,36)(H,33,37)(H,34,35)/b7-4+/t25-,27+/m0/s1. The van der Waals surface area contributed by atoms with Crippen molar-refractivity contribution >= 4 is 40.2 Å². The number of aromatic amines is 1. The Labute approximate surface area is 224 Å². The van der Waals surface area contributed by atoms with Crippen molar-refractivity contribution in [3.05, 3.63) is 46.6 Å².